The summed E-state index contributed by atoms with van der Waals surface area (Å²) in [6, 6.07) is 8.40. The molecule has 2 aromatic heterocycles. The predicted octanol–water partition coefficient (Wildman–Crippen LogP) is 3.02. The van der Waals surface area contributed by atoms with E-state index in [1.807, 2.05) is 12.3 Å². The molecular formula is C21H28N4O. The zero-order valence-corrected chi connectivity index (χ0v) is 15.6. The number of rotatable bonds is 4. The van der Waals surface area contributed by atoms with Gasteiger partial charge in [-0.05, 0) is 75.5 Å². The van der Waals surface area contributed by atoms with Crippen LogP contribution in [0.1, 0.15) is 36.9 Å². The third-order valence-electron chi connectivity index (χ3n) is 5.72. The van der Waals surface area contributed by atoms with Crippen LogP contribution in [-0.4, -0.2) is 51.4 Å². The Kier molecular flexibility index (Phi) is 5.07. The first kappa shape index (κ1) is 17.3. The van der Waals surface area contributed by atoms with Gasteiger partial charge in [-0.15, -0.1) is 0 Å². The Hall–Kier alpha value is -2.14. The van der Waals surface area contributed by atoms with Crippen LogP contribution in [0.2, 0.25) is 0 Å². The van der Waals surface area contributed by atoms with Gasteiger partial charge in [0.05, 0.1) is 0 Å². The van der Waals surface area contributed by atoms with E-state index in [9.17, 15) is 4.79 Å². The monoisotopic (exact) mass is 352 g/mol. The predicted molar refractivity (Wildman–Crippen MR) is 102 cm³/mol. The van der Waals surface area contributed by atoms with Gasteiger partial charge in [0.25, 0.3) is 0 Å². The van der Waals surface area contributed by atoms with E-state index >= 15 is 0 Å². The third kappa shape index (κ3) is 3.68. The Morgan fingerprint density at radius 3 is 2.65 bits per heavy atom. The fraction of sp³-hybridized carbons (Fsp3) is 0.524. The number of carbonyl (C=O) groups excluding carboxylic acids is 1. The van der Waals surface area contributed by atoms with Crippen molar-refractivity contribution in [1.29, 1.82) is 0 Å². The van der Waals surface area contributed by atoms with Crippen LogP contribution < -0.4 is 0 Å². The molecule has 0 aromatic carbocycles. The second kappa shape index (κ2) is 7.62. The number of carbonyl (C=O) groups is 1. The van der Waals surface area contributed by atoms with Crippen LogP contribution in [-0.2, 0) is 11.3 Å². The van der Waals surface area contributed by atoms with Crippen LogP contribution in [0, 0.1) is 12.8 Å². The Labute approximate surface area is 155 Å². The summed E-state index contributed by atoms with van der Waals surface area (Å²) in [4.78, 5) is 21.6. The summed E-state index contributed by atoms with van der Waals surface area (Å²) in [7, 11) is 0. The van der Waals surface area contributed by atoms with Crippen molar-refractivity contribution in [2.45, 2.75) is 39.2 Å². The summed E-state index contributed by atoms with van der Waals surface area (Å²) in [5.74, 6) is 1.60. The summed E-state index contributed by atoms with van der Waals surface area (Å²) in [6.45, 7) is 6.93. The number of nitrogens with zero attached hydrogens (tertiary/aromatic N) is 4. The van der Waals surface area contributed by atoms with E-state index in [0.29, 0.717) is 5.91 Å². The molecule has 2 aromatic rings. The molecule has 5 heteroatoms. The number of pyridine rings is 1. The van der Waals surface area contributed by atoms with Gasteiger partial charge >= 0.3 is 0 Å². The van der Waals surface area contributed by atoms with Crippen LogP contribution in [0.3, 0.4) is 0 Å². The zero-order chi connectivity index (χ0) is 17.9. The number of piperidine rings is 1. The molecule has 4 heterocycles. The molecule has 0 atom stereocenters. The fourth-order valence-corrected chi connectivity index (χ4v) is 4.18. The van der Waals surface area contributed by atoms with Gasteiger partial charge in [0.15, 0.2) is 0 Å². The topological polar surface area (TPSA) is 41.4 Å². The highest BCUT2D eigenvalue weighted by Crippen LogP contribution is 2.23. The van der Waals surface area contributed by atoms with Gasteiger partial charge < -0.3 is 9.47 Å². The van der Waals surface area contributed by atoms with Crippen LogP contribution in [0.15, 0.2) is 36.7 Å². The van der Waals surface area contributed by atoms with Gasteiger partial charge in [-0.2, -0.15) is 0 Å². The molecule has 0 spiro atoms. The maximum absolute atomic E-state index is 12.6. The SMILES string of the molecule is Cc1ccnc(-n2cccc2CN2CCC(C(=O)N3CCCC3)CC2)c1. The van der Waals surface area contributed by atoms with Gasteiger partial charge in [-0.1, -0.05) is 0 Å². The van der Waals surface area contributed by atoms with E-state index in [1.54, 1.807) is 0 Å². The number of likely N-dealkylation sites (tertiary alicyclic amines) is 2. The van der Waals surface area contributed by atoms with Crippen molar-refractivity contribution in [3.63, 3.8) is 0 Å². The summed E-state index contributed by atoms with van der Waals surface area (Å²) >= 11 is 0. The Morgan fingerprint density at radius 2 is 1.92 bits per heavy atom. The quantitative estimate of drug-likeness (QED) is 0.849. The number of aromatic nitrogens is 2. The first-order chi connectivity index (χ1) is 12.7. The van der Waals surface area contributed by atoms with Crippen molar-refractivity contribution in [1.82, 2.24) is 19.4 Å². The van der Waals surface area contributed by atoms with Gasteiger partial charge in [0.1, 0.15) is 5.82 Å². The highest BCUT2D eigenvalue weighted by Gasteiger charge is 2.29. The van der Waals surface area contributed by atoms with Crippen LogP contribution in [0.4, 0.5) is 0 Å². The molecule has 0 radical (unpaired) electrons. The molecule has 0 aliphatic carbocycles. The lowest BCUT2D eigenvalue weighted by molar-refractivity contribution is -0.136. The van der Waals surface area contributed by atoms with Crippen LogP contribution in [0.25, 0.3) is 5.82 Å². The average molecular weight is 352 g/mol. The number of aryl methyl sites for hydroxylation is 1. The number of amides is 1. The maximum Gasteiger partial charge on any atom is 0.225 e. The van der Waals surface area contributed by atoms with Gasteiger partial charge in [-0.3, -0.25) is 9.69 Å². The van der Waals surface area contributed by atoms with E-state index in [-0.39, 0.29) is 5.92 Å². The van der Waals surface area contributed by atoms with Crippen LogP contribution >= 0.6 is 0 Å². The van der Waals surface area contributed by atoms with Crippen molar-refractivity contribution in [3.05, 3.63) is 47.9 Å². The fourth-order valence-electron chi connectivity index (χ4n) is 4.18. The average Bonchev–Trinajstić information content (AvgIpc) is 3.34. The second-order valence-corrected chi connectivity index (χ2v) is 7.64. The largest absolute Gasteiger partial charge is 0.342 e. The molecule has 0 N–H and O–H groups in total. The highest BCUT2D eigenvalue weighted by atomic mass is 16.2. The van der Waals surface area contributed by atoms with Crippen molar-refractivity contribution in [2.24, 2.45) is 5.92 Å². The molecule has 26 heavy (non-hydrogen) atoms. The van der Waals surface area contributed by atoms with Crippen molar-refractivity contribution in [3.8, 4) is 5.82 Å². The smallest absolute Gasteiger partial charge is 0.225 e. The summed E-state index contributed by atoms with van der Waals surface area (Å²) in [6.07, 6.45) is 8.27. The van der Waals surface area contributed by atoms with Crippen LogP contribution in [0.5, 0.6) is 0 Å². The maximum atomic E-state index is 12.6. The van der Waals surface area contributed by atoms with Gasteiger partial charge in [0.2, 0.25) is 5.91 Å². The Balaban J connectivity index is 1.37. The summed E-state index contributed by atoms with van der Waals surface area (Å²) in [5.41, 5.74) is 2.48. The molecule has 2 fully saturated rings. The van der Waals surface area contributed by atoms with Crippen molar-refractivity contribution < 1.29 is 4.79 Å². The zero-order valence-electron chi connectivity index (χ0n) is 15.6. The molecule has 2 aliphatic heterocycles. The van der Waals surface area contributed by atoms with Crippen molar-refractivity contribution >= 4 is 5.91 Å². The van der Waals surface area contributed by atoms with Gasteiger partial charge in [0, 0.05) is 43.6 Å². The lowest BCUT2D eigenvalue weighted by Gasteiger charge is -2.33. The molecular weight excluding hydrogens is 324 g/mol. The first-order valence-corrected chi connectivity index (χ1v) is 9.81. The van der Waals surface area contributed by atoms with E-state index < -0.39 is 0 Å². The second-order valence-electron chi connectivity index (χ2n) is 7.64. The lowest BCUT2D eigenvalue weighted by atomic mass is 9.95. The Bertz CT molecular complexity index is 755. The molecule has 1 amide bonds. The molecule has 0 saturated carbocycles. The minimum Gasteiger partial charge on any atom is -0.342 e. The normalized spacial score (nSPS) is 19.2. The molecule has 0 unspecified atom stereocenters. The van der Waals surface area contributed by atoms with E-state index in [0.717, 1.165) is 51.4 Å². The molecule has 2 saturated heterocycles. The highest BCUT2D eigenvalue weighted by molar-refractivity contribution is 5.79. The van der Waals surface area contributed by atoms with E-state index in [2.05, 4.69) is 50.7 Å². The minimum absolute atomic E-state index is 0.231. The molecule has 0 bridgehead atoms. The number of hydrogen-bond acceptors (Lipinski definition) is 3. The Morgan fingerprint density at radius 1 is 1.15 bits per heavy atom. The third-order valence-corrected chi connectivity index (χ3v) is 5.72. The van der Waals surface area contributed by atoms with E-state index in [1.165, 1.54) is 24.1 Å². The number of hydrogen-bond donors (Lipinski definition) is 0. The minimum atomic E-state index is 0.231. The summed E-state index contributed by atoms with van der Waals surface area (Å²) in [5, 5.41) is 0. The molecule has 138 valence electrons. The summed E-state index contributed by atoms with van der Waals surface area (Å²) < 4.78 is 2.18. The lowest BCUT2D eigenvalue weighted by Crippen LogP contribution is -2.41. The van der Waals surface area contributed by atoms with Gasteiger partial charge in [-0.25, -0.2) is 4.98 Å². The van der Waals surface area contributed by atoms with Crippen molar-refractivity contribution in [2.75, 3.05) is 26.2 Å². The molecule has 2 aliphatic rings. The van der Waals surface area contributed by atoms with E-state index in [4.69, 9.17) is 0 Å². The first-order valence-electron chi connectivity index (χ1n) is 9.81. The molecule has 4 rings (SSSR count). The molecule has 5 nitrogen and oxygen atoms in total. The standard InChI is InChI=1S/C21H28N4O/c1-17-6-9-22-20(15-17)25-12-4-5-19(25)16-23-13-7-18(8-14-23)21(26)24-10-2-3-11-24/h4-6,9,12,15,18H,2-3,7-8,10-11,13-14,16H2,1H3.